The number of nitrogens with zero attached hydrogens (tertiary/aromatic N) is 4. The molecule has 0 aliphatic carbocycles. The van der Waals surface area contributed by atoms with Gasteiger partial charge in [0.2, 0.25) is 11.9 Å². The molecule has 0 aromatic carbocycles. The summed E-state index contributed by atoms with van der Waals surface area (Å²) >= 11 is 0. The SMILES string of the molecule is Cc1ccc(CN(C)c2nnc(N)n2C)[nH]1. The second kappa shape index (κ2) is 3.88. The van der Waals surface area contributed by atoms with Crippen molar-refractivity contribution in [2.45, 2.75) is 13.5 Å². The average molecular weight is 220 g/mol. The Morgan fingerprint density at radius 1 is 1.44 bits per heavy atom. The van der Waals surface area contributed by atoms with Gasteiger partial charge < -0.3 is 15.6 Å². The van der Waals surface area contributed by atoms with Crippen LogP contribution in [0.4, 0.5) is 11.9 Å². The Hall–Kier alpha value is -1.98. The molecule has 2 heterocycles. The van der Waals surface area contributed by atoms with Crippen molar-refractivity contribution in [3.05, 3.63) is 23.5 Å². The Labute approximate surface area is 94.1 Å². The molecular formula is C10H16N6. The van der Waals surface area contributed by atoms with E-state index in [0.29, 0.717) is 5.95 Å². The van der Waals surface area contributed by atoms with Gasteiger partial charge in [0.15, 0.2) is 0 Å². The van der Waals surface area contributed by atoms with E-state index in [1.807, 2.05) is 32.0 Å². The summed E-state index contributed by atoms with van der Waals surface area (Å²) < 4.78 is 1.76. The van der Waals surface area contributed by atoms with Gasteiger partial charge in [-0.25, -0.2) is 0 Å². The van der Waals surface area contributed by atoms with Gasteiger partial charge in [-0.3, -0.25) is 4.57 Å². The second-order valence-corrected chi connectivity index (χ2v) is 3.94. The number of aromatic amines is 1. The van der Waals surface area contributed by atoms with Crippen LogP contribution in [0.5, 0.6) is 0 Å². The van der Waals surface area contributed by atoms with E-state index < -0.39 is 0 Å². The minimum absolute atomic E-state index is 0.421. The summed E-state index contributed by atoms with van der Waals surface area (Å²) in [5.74, 6) is 1.18. The van der Waals surface area contributed by atoms with Gasteiger partial charge in [0.1, 0.15) is 0 Å². The van der Waals surface area contributed by atoms with E-state index in [4.69, 9.17) is 5.73 Å². The third kappa shape index (κ3) is 1.86. The lowest BCUT2D eigenvalue weighted by molar-refractivity contribution is 0.797. The summed E-state index contributed by atoms with van der Waals surface area (Å²) in [4.78, 5) is 5.27. The Kier molecular flexibility index (Phi) is 2.55. The number of hydrogen-bond acceptors (Lipinski definition) is 4. The van der Waals surface area contributed by atoms with E-state index in [-0.39, 0.29) is 0 Å². The predicted octanol–water partition coefficient (Wildman–Crippen LogP) is 0.670. The first kappa shape index (κ1) is 10.5. The van der Waals surface area contributed by atoms with E-state index >= 15 is 0 Å². The number of aromatic nitrogens is 4. The first-order chi connectivity index (χ1) is 7.58. The molecular weight excluding hydrogens is 204 g/mol. The second-order valence-electron chi connectivity index (χ2n) is 3.94. The third-order valence-corrected chi connectivity index (χ3v) is 2.53. The van der Waals surface area contributed by atoms with Crippen LogP contribution >= 0.6 is 0 Å². The molecule has 6 nitrogen and oxygen atoms in total. The number of hydrogen-bond donors (Lipinski definition) is 2. The van der Waals surface area contributed by atoms with Crippen molar-refractivity contribution in [1.82, 2.24) is 19.7 Å². The minimum atomic E-state index is 0.421. The molecule has 0 saturated heterocycles. The predicted molar refractivity (Wildman–Crippen MR) is 63.1 cm³/mol. The van der Waals surface area contributed by atoms with Crippen molar-refractivity contribution in [1.29, 1.82) is 0 Å². The zero-order chi connectivity index (χ0) is 11.7. The highest BCUT2D eigenvalue weighted by Gasteiger charge is 2.11. The number of nitrogens with two attached hydrogens (primary N) is 1. The Morgan fingerprint density at radius 3 is 2.69 bits per heavy atom. The van der Waals surface area contributed by atoms with Crippen molar-refractivity contribution in [3.8, 4) is 0 Å². The molecule has 0 spiro atoms. The highest BCUT2D eigenvalue weighted by atomic mass is 15.4. The van der Waals surface area contributed by atoms with E-state index in [1.54, 1.807) is 4.57 Å². The normalized spacial score (nSPS) is 10.7. The minimum Gasteiger partial charge on any atom is -0.368 e. The lowest BCUT2D eigenvalue weighted by Gasteiger charge is -2.16. The van der Waals surface area contributed by atoms with E-state index in [9.17, 15) is 0 Å². The summed E-state index contributed by atoms with van der Waals surface area (Å²) in [5, 5.41) is 7.84. The number of rotatable bonds is 3. The zero-order valence-electron chi connectivity index (χ0n) is 9.73. The molecule has 0 bridgehead atoms. The Morgan fingerprint density at radius 2 is 2.19 bits per heavy atom. The van der Waals surface area contributed by atoms with Crippen LogP contribution in [0.3, 0.4) is 0 Å². The van der Waals surface area contributed by atoms with Gasteiger partial charge in [0.25, 0.3) is 0 Å². The Bertz CT molecular complexity index is 483. The van der Waals surface area contributed by atoms with E-state index in [2.05, 4.69) is 21.2 Å². The summed E-state index contributed by atoms with van der Waals surface area (Å²) in [5.41, 5.74) is 7.92. The van der Waals surface area contributed by atoms with Gasteiger partial charge in [0.05, 0.1) is 6.54 Å². The zero-order valence-corrected chi connectivity index (χ0v) is 9.73. The smallest absolute Gasteiger partial charge is 0.228 e. The van der Waals surface area contributed by atoms with Crippen LogP contribution in [0.2, 0.25) is 0 Å². The maximum Gasteiger partial charge on any atom is 0.228 e. The largest absolute Gasteiger partial charge is 0.368 e. The number of nitrogens with one attached hydrogen (secondary N) is 1. The standard InChI is InChI=1S/C10H16N6/c1-7-4-5-8(12-7)6-15(2)10-14-13-9(11)16(10)3/h4-5,12H,6H2,1-3H3,(H2,11,13). The van der Waals surface area contributed by atoms with Crippen molar-refractivity contribution >= 4 is 11.9 Å². The first-order valence-corrected chi connectivity index (χ1v) is 5.08. The fourth-order valence-electron chi connectivity index (χ4n) is 1.65. The Balaban J connectivity index is 2.14. The van der Waals surface area contributed by atoms with E-state index in [0.717, 1.165) is 23.9 Å². The van der Waals surface area contributed by atoms with Crippen LogP contribution < -0.4 is 10.6 Å². The van der Waals surface area contributed by atoms with Gasteiger partial charge in [-0.15, -0.1) is 10.2 Å². The summed E-state index contributed by atoms with van der Waals surface area (Å²) in [6.45, 7) is 2.78. The monoisotopic (exact) mass is 220 g/mol. The molecule has 2 rings (SSSR count). The molecule has 0 unspecified atom stereocenters. The van der Waals surface area contributed by atoms with Crippen LogP contribution in [-0.2, 0) is 13.6 Å². The molecule has 2 aromatic heterocycles. The molecule has 0 radical (unpaired) electrons. The molecule has 6 heteroatoms. The van der Waals surface area contributed by atoms with Crippen LogP contribution in [0.25, 0.3) is 0 Å². The molecule has 16 heavy (non-hydrogen) atoms. The molecule has 2 aromatic rings. The van der Waals surface area contributed by atoms with Crippen molar-refractivity contribution < 1.29 is 0 Å². The first-order valence-electron chi connectivity index (χ1n) is 5.08. The fourth-order valence-corrected chi connectivity index (χ4v) is 1.65. The molecule has 86 valence electrons. The molecule has 0 atom stereocenters. The number of anilines is 2. The lowest BCUT2D eigenvalue weighted by Crippen LogP contribution is -2.20. The third-order valence-electron chi connectivity index (χ3n) is 2.53. The molecule has 0 fully saturated rings. The highest BCUT2D eigenvalue weighted by Crippen LogP contribution is 2.13. The van der Waals surface area contributed by atoms with Crippen LogP contribution in [0, 0.1) is 6.92 Å². The van der Waals surface area contributed by atoms with Crippen LogP contribution in [0.15, 0.2) is 12.1 Å². The number of nitrogen functional groups attached to an aromatic ring is 1. The quantitative estimate of drug-likeness (QED) is 0.797. The molecule has 3 N–H and O–H groups in total. The van der Waals surface area contributed by atoms with Gasteiger partial charge in [-0.1, -0.05) is 0 Å². The summed E-state index contributed by atoms with van der Waals surface area (Å²) in [6.07, 6.45) is 0. The maximum absolute atomic E-state index is 5.63. The van der Waals surface area contributed by atoms with E-state index in [1.165, 1.54) is 0 Å². The number of H-pyrrole nitrogens is 1. The number of aryl methyl sites for hydroxylation is 1. The van der Waals surface area contributed by atoms with Crippen molar-refractivity contribution in [2.75, 3.05) is 17.7 Å². The van der Waals surface area contributed by atoms with Gasteiger partial charge in [0, 0.05) is 25.5 Å². The lowest BCUT2D eigenvalue weighted by atomic mass is 10.4. The van der Waals surface area contributed by atoms with Gasteiger partial charge >= 0.3 is 0 Å². The topological polar surface area (TPSA) is 75.8 Å². The summed E-state index contributed by atoms with van der Waals surface area (Å²) in [6, 6.07) is 4.11. The maximum atomic E-state index is 5.63. The molecule has 0 saturated carbocycles. The molecule has 0 aliphatic heterocycles. The average Bonchev–Trinajstić information content (AvgIpc) is 2.76. The van der Waals surface area contributed by atoms with Crippen LogP contribution in [0.1, 0.15) is 11.4 Å². The summed E-state index contributed by atoms with van der Waals surface area (Å²) in [7, 11) is 3.81. The molecule has 0 aliphatic rings. The molecule has 0 amide bonds. The van der Waals surface area contributed by atoms with Gasteiger partial charge in [-0.05, 0) is 19.1 Å². The van der Waals surface area contributed by atoms with Gasteiger partial charge in [-0.2, -0.15) is 0 Å². The fraction of sp³-hybridized carbons (Fsp3) is 0.400. The van der Waals surface area contributed by atoms with Crippen LogP contribution in [-0.4, -0.2) is 26.8 Å². The van der Waals surface area contributed by atoms with Crippen molar-refractivity contribution in [2.24, 2.45) is 7.05 Å². The highest BCUT2D eigenvalue weighted by molar-refractivity contribution is 5.36. The van der Waals surface area contributed by atoms with Crippen molar-refractivity contribution in [3.63, 3.8) is 0 Å².